The third-order valence-electron chi connectivity index (χ3n) is 3.03. The van der Waals surface area contributed by atoms with Gasteiger partial charge in [-0.05, 0) is 59.0 Å². The summed E-state index contributed by atoms with van der Waals surface area (Å²) in [4.78, 5) is 0. The van der Waals surface area contributed by atoms with E-state index in [2.05, 4.69) is 43.8 Å². The zero-order chi connectivity index (χ0) is 15.6. The Morgan fingerprint density at radius 1 is 1.05 bits per heavy atom. The van der Waals surface area contributed by atoms with Crippen LogP contribution in [-0.4, -0.2) is 6.54 Å². The number of halogens is 5. The second kappa shape index (κ2) is 7.11. The standard InChI is InChI=1S/C15H12BrF3IN/c1-2-21-15(10-5-8(16)3-4-14(10)20)9-6-12(18)13(19)7-11(9)17/h3-7,15,21H,2H2,1H3. The molecule has 0 aromatic heterocycles. The minimum atomic E-state index is -1.18. The van der Waals surface area contributed by atoms with Gasteiger partial charge in [-0.15, -0.1) is 0 Å². The van der Waals surface area contributed by atoms with Crippen LogP contribution in [0.1, 0.15) is 24.1 Å². The van der Waals surface area contributed by atoms with Crippen molar-refractivity contribution in [2.45, 2.75) is 13.0 Å². The molecule has 0 radical (unpaired) electrons. The third kappa shape index (κ3) is 3.78. The van der Waals surface area contributed by atoms with E-state index in [4.69, 9.17) is 0 Å². The van der Waals surface area contributed by atoms with Gasteiger partial charge >= 0.3 is 0 Å². The molecule has 1 nitrogen and oxygen atoms in total. The van der Waals surface area contributed by atoms with Crippen molar-refractivity contribution in [3.63, 3.8) is 0 Å². The van der Waals surface area contributed by atoms with Crippen LogP contribution in [0.3, 0.4) is 0 Å². The van der Waals surface area contributed by atoms with E-state index in [1.54, 1.807) is 0 Å². The lowest BCUT2D eigenvalue weighted by Crippen LogP contribution is -2.24. The molecule has 0 saturated heterocycles. The molecule has 0 spiro atoms. The van der Waals surface area contributed by atoms with Crippen molar-refractivity contribution in [2.24, 2.45) is 0 Å². The zero-order valence-electron chi connectivity index (χ0n) is 11.1. The Hall–Kier alpha value is -0.600. The van der Waals surface area contributed by atoms with Crippen LogP contribution in [0.25, 0.3) is 0 Å². The minimum absolute atomic E-state index is 0.0896. The number of hydrogen-bond donors (Lipinski definition) is 1. The van der Waals surface area contributed by atoms with E-state index in [0.29, 0.717) is 12.6 Å². The van der Waals surface area contributed by atoms with Gasteiger partial charge in [-0.1, -0.05) is 22.9 Å². The number of rotatable bonds is 4. The van der Waals surface area contributed by atoms with Crippen molar-refractivity contribution in [3.8, 4) is 0 Å². The molecule has 1 atom stereocenters. The maximum Gasteiger partial charge on any atom is 0.161 e. The third-order valence-corrected chi connectivity index (χ3v) is 4.50. The number of hydrogen-bond acceptors (Lipinski definition) is 1. The first-order valence-corrected chi connectivity index (χ1v) is 8.14. The summed E-state index contributed by atoms with van der Waals surface area (Å²) in [5.41, 5.74) is 0.892. The summed E-state index contributed by atoms with van der Waals surface area (Å²) in [6.45, 7) is 2.43. The predicted octanol–water partition coefficient (Wildman–Crippen LogP) is 5.17. The van der Waals surface area contributed by atoms with Crippen LogP contribution in [0.4, 0.5) is 13.2 Å². The van der Waals surface area contributed by atoms with E-state index >= 15 is 0 Å². The van der Waals surface area contributed by atoms with Crippen LogP contribution in [-0.2, 0) is 0 Å². The number of nitrogens with one attached hydrogen (secondary N) is 1. The first-order valence-electron chi connectivity index (χ1n) is 6.26. The zero-order valence-corrected chi connectivity index (χ0v) is 14.8. The quantitative estimate of drug-likeness (QED) is 0.481. The van der Waals surface area contributed by atoms with Crippen LogP contribution in [0.2, 0.25) is 0 Å². The van der Waals surface area contributed by atoms with Gasteiger partial charge < -0.3 is 5.32 Å². The van der Waals surface area contributed by atoms with E-state index in [0.717, 1.165) is 19.7 Å². The molecule has 0 fully saturated rings. The van der Waals surface area contributed by atoms with Gasteiger partial charge in [-0.25, -0.2) is 13.2 Å². The molecule has 0 aliphatic heterocycles. The molecule has 2 aromatic rings. The summed E-state index contributed by atoms with van der Waals surface area (Å²) in [5.74, 6) is -3.01. The molecule has 1 N–H and O–H groups in total. The van der Waals surface area contributed by atoms with Gasteiger partial charge in [0.2, 0.25) is 0 Å². The lowest BCUT2D eigenvalue weighted by Gasteiger charge is -2.21. The smallest absolute Gasteiger partial charge is 0.161 e. The van der Waals surface area contributed by atoms with E-state index in [1.807, 2.05) is 25.1 Å². The molecule has 2 rings (SSSR count). The monoisotopic (exact) mass is 469 g/mol. The first-order chi connectivity index (χ1) is 9.93. The van der Waals surface area contributed by atoms with E-state index in [-0.39, 0.29) is 5.56 Å². The Balaban J connectivity index is 2.58. The van der Waals surface area contributed by atoms with Gasteiger partial charge in [0.05, 0.1) is 6.04 Å². The Kier molecular flexibility index (Phi) is 5.67. The van der Waals surface area contributed by atoms with Crippen LogP contribution >= 0.6 is 38.5 Å². The van der Waals surface area contributed by atoms with Crippen molar-refractivity contribution in [1.29, 1.82) is 0 Å². The lowest BCUT2D eigenvalue weighted by atomic mass is 9.98. The summed E-state index contributed by atoms with van der Waals surface area (Å²) in [6, 6.07) is 6.54. The fourth-order valence-electron chi connectivity index (χ4n) is 2.09. The summed E-state index contributed by atoms with van der Waals surface area (Å²) in [5, 5.41) is 3.12. The Labute approximate surface area is 143 Å². The van der Waals surface area contributed by atoms with Crippen LogP contribution in [0.5, 0.6) is 0 Å². The summed E-state index contributed by atoms with van der Waals surface area (Å²) in [7, 11) is 0. The van der Waals surface area contributed by atoms with Crippen LogP contribution < -0.4 is 5.32 Å². The highest BCUT2D eigenvalue weighted by Crippen LogP contribution is 2.31. The maximum atomic E-state index is 14.1. The first kappa shape index (κ1) is 16.8. The van der Waals surface area contributed by atoms with Crippen molar-refractivity contribution in [2.75, 3.05) is 6.54 Å². The van der Waals surface area contributed by atoms with Gasteiger partial charge in [-0.2, -0.15) is 0 Å². The van der Waals surface area contributed by atoms with Gasteiger partial charge in [0.25, 0.3) is 0 Å². The minimum Gasteiger partial charge on any atom is -0.306 e. The molecule has 6 heteroatoms. The van der Waals surface area contributed by atoms with Gasteiger partial charge in [-0.3, -0.25) is 0 Å². The highest BCUT2D eigenvalue weighted by Gasteiger charge is 2.22. The van der Waals surface area contributed by atoms with E-state index < -0.39 is 23.5 Å². The van der Waals surface area contributed by atoms with Crippen LogP contribution in [0, 0.1) is 21.0 Å². The molecule has 0 aliphatic rings. The van der Waals surface area contributed by atoms with Gasteiger partial charge in [0, 0.05) is 19.7 Å². The summed E-state index contributed by atoms with van der Waals surface area (Å²) < 4.78 is 42.4. The predicted molar refractivity (Wildman–Crippen MR) is 88.7 cm³/mol. The van der Waals surface area contributed by atoms with Crippen molar-refractivity contribution < 1.29 is 13.2 Å². The maximum absolute atomic E-state index is 14.1. The Morgan fingerprint density at radius 2 is 1.71 bits per heavy atom. The highest BCUT2D eigenvalue weighted by molar-refractivity contribution is 14.1. The Bertz CT molecular complexity index is 664. The van der Waals surface area contributed by atoms with E-state index in [1.165, 1.54) is 0 Å². The molecule has 2 aromatic carbocycles. The average Bonchev–Trinajstić information content (AvgIpc) is 2.43. The Morgan fingerprint density at radius 3 is 2.38 bits per heavy atom. The molecule has 0 bridgehead atoms. The second-order valence-electron chi connectivity index (χ2n) is 4.44. The van der Waals surface area contributed by atoms with Crippen molar-refractivity contribution >= 4 is 38.5 Å². The summed E-state index contributed by atoms with van der Waals surface area (Å²) >= 11 is 5.51. The largest absolute Gasteiger partial charge is 0.306 e. The van der Waals surface area contributed by atoms with Gasteiger partial charge in [0.15, 0.2) is 11.6 Å². The summed E-state index contributed by atoms with van der Waals surface area (Å²) in [6.07, 6.45) is 0. The fraction of sp³-hybridized carbons (Fsp3) is 0.200. The molecular formula is C15H12BrF3IN. The molecule has 21 heavy (non-hydrogen) atoms. The second-order valence-corrected chi connectivity index (χ2v) is 6.52. The molecule has 0 saturated carbocycles. The highest BCUT2D eigenvalue weighted by atomic mass is 127. The molecular weight excluding hydrogens is 458 g/mol. The fourth-order valence-corrected chi connectivity index (χ4v) is 3.11. The van der Waals surface area contributed by atoms with Crippen molar-refractivity contribution in [1.82, 2.24) is 5.32 Å². The molecule has 0 heterocycles. The molecule has 1 unspecified atom stereocenters. The van der Waals surface area contributed by atoms with Crippen molar-refractivity contribution in [3.05, 3.63) is 67.0 Å². The average molecular weight is 470 g/mol. The molecule has 0 amide bonds. The van der Waals surface area contributed by atoms with Crippen LogP contribution in [0.15, 0.2) is 34.8 Å². The SMILES string of the molecule is CCNC(c1cc(F)c(F)cc1F)c1cc(Br)ccc1I. The van der Waals surface area contributed by atoms with Gasteiger partial charge in [0.1, 0.15) is 5.82 Å². The normalized spacial score (nSPS) is 12.5. The number of benzene rings is 2. The molecule has 0 aliphatic carbocycles. The molecule has 112 valence electrons. The topological polar surface area (TPSA) is 12.0 Å². The van der Waals surface area contributed by atoms with E-state index in [9.17, 15) is 13.2 Å². The lowest BCUT2D eigenvalue weighted by molar-refractivity contribution is 0.481.